The van der Waals surface area contributed by atoms with Gasteiger partial charge < -0.3 is 10.4 Å². The van der Waals surface area contributed by atoms with Crippen molar-refractivity contribution in [2.75, 3.05) is 5.32 Å². The summed E-state index contributed by atoms with van der Waals surface area (Å²) in [6.07, 6.45) is 0. The fraction of sp³-hybridized carbons (Fsp3) is 0. The first-order valence-electron chi connectivity index (χ1n) is 6.87. The summed E-state index contributed by atoms with van der Waals surface area (Å²) in [6, 6.07) is 17.3. The second-order valence-corrected chi connectivity index (χ2v) is 5.45. The number of rotatable bonds is 3. The molecule has 0 radical (unpaired) electrons. The summed E-state index contributed by atoms with van der Waals surface area (Å²) in [5.41, 5.74) is 0.613. The topological polar surface area (TPSA) is 66.4 Å². The molecule has 0 heterocycles. The van der Waals surface area contributed by atoms with Crippen molar-refractivity contribution < 1.29 is 14.7 Å². The number of carbonyl (C=O) groups is 2. The quantitative estimate of drug-likeness (QED) is 0.748. The predicted octanol–water partition coefficient (Wildman–Crippen LogP) is 4.44. The van der Waals surface area contributed by atoms with Crippen LogP contribution in [-0.4, -0.2) is 17.0 Å². The van der Waals surface area contributed by atoms with E-state index in [4.69, 9.17) is 11.6 Å². The van der Waals surface area contributed by atoms with Gasteiger partial charge in [-0.2, -0.15) is 0 Å². The number of hydrogen-bond donors (Lipinski definition) is 2. The summed E-state index contributed by atoms with van der Waals surface area (Å²) >= 11 is 5.80. The lowest BCUT2D eigenvalue weighted by Crippen LogP contribution is -2.14. The molecule has 23 heavy (non-hydrogen) atoms. The summed E-state index contributed by atoms with van der Waals surface area (Å²) in [7, 11) is 0. The number of anilines is 1. The lowest BCUT2D eigenvalue weighted by molar-refractivity contribution is 0.0698. The highest BCUT2D eigenvalue weighted by molar-refractivity contribution is 6.31. The molecule has 0 unspecified atom stereocenters. The number of amides is 1. The SMILES string of the molecule is O=C(Nc1ccc(Cl)cc1C(=O)O)c1ccc2ccccc2c1. The molecule has 0 atom stereocenters. The molecule has 0 saturated heterocycles. The van der Waals surface area contributed by atoms with Crippen LogP contribution in [0.5, 0.6) is 0 Å². The minimum absolute atomic E-state index is 0.0494. The van der Waals surface area contributed by atoms with Gasteiger partial charge in [0.1, 0.15) is 0 Å². The molecule has 0 bridgehead atoms. The summed E-state index contributed by atoms with van der Waals surface area (Å²) in [5.74, 6) is -1.53. The summed E-state index contributed by atoms with van der Waals surface area (Å²) < 4.78 is 0. The van der Waals surface area contributed by atoms with Crippen LogP contribution in [0.4, 0.5) is 5.69 Å². The second kappa shape index (κ2) is 6.10. The van der Waals surface area contributed by atoms with Gasteiger partial charge in [-0.15, -0.1) is 0 Å². The van der Waals surface area contributed by atoms with E-state index in [-0.39, 0.29) is 17.2 Å². The minimum atomic E-state index is -1.15. The van der Waals surface area contributed by atoms with Gasteiger partial charge in [0, 0.05) is 10.6 Å². The molecular formula is C18H12ClNO3. The van der Waals surface area contributed by atoms with Crippen LogP contribution in [-0.2, 0) is 0 Å². The van der Waals surface area contributed by atoms with Gasteiger partial charge in [0.2, 0.25) is 0 Å². The number of fused-ring (bicyclic) bond motifs is 1. The number of carboxylic acid groups (broad SMARTS) is 1. The Labute approximate surface area is 137 Å². The van der Waals surface area contributed by atoms with Crippen LogP contribution in [0.2, 0.25) is 5.02 Å². The highest BCUT2D eigenvalue weighted by atomic mass is 35.5. The van der Waals surface area contributed by atoms with E-state index in [1.165, 1.54) is 18.2 Å². The average molecular weight is 326 g/mol. The Kier molecular flexibility index (Phi) is 4.00. The van der Waals surface area contributed by atoms with Crippen molar-refractivity contribution in [3.05, 3.63) is 76.8 Å². The number of carbonyl (C=O) groups excluding carboxylic acids is 1. The van der Waals surface area contributed by atoms with Crippen LogP contribution in [0.3, 0.4) is 0 Å². The third-order valence-corrected chi connectivity index (χ3v) is 3.71. The molecule has 0 saturated carbocycles. The average Bonchev–Trinajstić information content (AvgIpc) is 2.55. The molecule has 114 valence electrons. The smallest absolute Gasteiger partial charge is 0.337 e. The number of hydrogen-bond acceptors (Lipinski definition) is 2. The van der Waals surface area contributed by atoms with Crippen LogP contribution in [0.25, 0.3) is 10.8 Å². The fourth-order valence-electron chi connectivity index (χ4n) is 2.33. The van der Waals surface area contributed by atoms with Crippen LogP contribution in [0.15, 0.2) is 60.7 Å². The number of benzene rings is 3. The van der Waals surface area contributed by atoms with Crippen LogP contribution in [0, 0.1) is 0 Å². The lowest BCUT2D eigenvalue weighted by atomic mass is 10.1. The van der Waals surface area contributed by atoms with E-state index < -0.39 is 5.97 Å². The monoisotopic (exact) mass is 325 g/mol. The van der Waals surface area contributed by atoms with Gasteiger partial charge in [0.25, 0.3) is 5.91 Å². The molecule has 0 aliphatic carbocycles. The van der Waals surface area contributed by atoms with E-state index in [2.05, 4.69) is 5.32 Å². The van der Waals surface area contributed by atoms with Gasteiger partial charge in [0.05, 0.1) is 11.3 Å². The van der Waals surface area contributed by atoms with Crippen molar-refractivity contribution in [1.29, 1.82) is 0 Å². The molecule has 0 spiro atoms. The molecule has 3 aromatic carbocycles. The summed E-state index contributed by atoms with van der Waals surface area (Å²) in [4.78, 5) is 23.6. The van der Waals surface area contributed by atoms with Crippen molar-refractivity contribution >= 4 is 39.9 Å². The zero-order valence-corrected chi connectivity index (χ0v) is 12.7. The third kappa shape index (κ3) is 3.17. The van der Waals surface area contributed by atoms with Gasteiger partial charge >= 0.3 is 5.97 Å². The van der Waals surface area contributed by atoms with E-state index in [1.807, 2.05) is 30.3 Å². The van der Waals surface area contributed by atoms with Gasteiger partial charge in [-0.25, -0.2) is 4.79 Å². The number of halogens is 1. The Morgan fingerprint density at radius 2 is 1.65 bits per heavy atom. The van der Waals surface area contributed by atoms with Crippen molar-refractivity contribution in [2.45, 2.75) is 0 Å². The molecule has 5 heteroatoms. The van der Waals surface area contributed by atoms with E-state index >= 15 is 0 Å². The molecule has 4 nitrogen and oxygen atoms in total. The predicted molar refractivity (Wildman–Crippen MR) is 90.3 cm³/mol. The molecule has 3 aromatic rings. The highest BCUT2D eigenvalue weighted by Gasteiger charge is 2.14. The Morgan fingerprint density at radius 1 is 0.913 bits per heavy atom. The Bertz CT molecular complexity index is 921. The summed E-state index contributed by atoms with van der Waals surface area (Å²) in [5, 5.41) is 14.1. The lowest BCUT2D eigenvalue weighted by Gasteiger charge is -2.09. The molecular weight excluding hydrogens is 314 g/mol. The van der Waals surface area contributed by atoms with Crippen molar-refractivity contribution in [3.8, 4) is 0 Å². The zero-order valence-electron chi connectivity index (χ0n) is 11.9. The highest BCUT2D eigenvalue weighted by Crippen LogP contribution is 2.22. The first kappa shape index (κ1) is 15.1. The minimum Gasteiger partial charge on any atom is -0.478 e. The Morgan fingerprint density at radius 3 is 2.39 bits per heavy atom. The number of carboxylic acids is 1. The molecule has 1 amide bonds. The van der Waals surface area contributed by atoms with E-state index in [0.717, 1.165) is 10.8 Å². The number of nitrogens with one attached hydrogen (secondary N) is 1. The van der Waals surface area contributed by atoms with Gasteiger partial charge in [-0.3, -0.25) is 4.79 Å². The molecule has 0 aliphatic rings. The van der Waals surface area contributed by atoms with Crippen LogP contribution < -0.4 is 5.32 Å². The maximum atomic E-state index is 12.4. The van der Waals surface area contributed by atoms with Crippen molar-refractivity contribution in [3.63, 3.8) is 0 Å². The Hall–Kier alpha value is -2.85. The normalized spacial score (nSPS) is 10.5. The van der Waals surface area contributed by atoms with E-state index in [0.29, 0.717) is 10.6 Å². The molecule has 0 aromatic heterocycles. The molecule has 3 rings (SSSR count). The fourth-order valence-corrected chi connectivity index (χ4v) is 2.50. The van der Waals surface area contributed by atoms with Gasteiger partial charge in [-0.05, 0) is 41.1 Å². The molecule has 2 N–H and O–H groups in total. The van der Waals surface area contributed by atoms with E-state index in [9.17, 15) is 14.7 Å². The molecule has 0 fully saturated rings. The van der Waals surface area contributed by atoms with Crippen LogP contribution >= 0.6 is 11.6 Å². The van der Waals surface area contributed by atoms with Gasteiger partial charge in [-0.1, -0.05) is 41.9 Å². The van der Waals surface area contributed by atoms with E-state index in [1.54, 1.807) is 12.1 Å². The second-order valence-electron chi connectivity index (χ2n) is 5.01. The molecule has 0 aliphatic heterocycles. The largest absolute Gasteiger partial charge is 0.478 e. The first-order valence-corrected chi connectivity index (χ1v) is 7.25. The van der Waals surface area contributed by atoms with Gasteiger partial charge in [0.15, 0.2) is 0 Å². The summed E-state index contributed by atoms with van der Waals surface area (Å²) in [6.45, 7) is 0. The third-order valence-electron chi connectivity index (χ3n) is 3.47. The maximum Gasteiger partial charge on any atom is 0.337 e. The maximum absolute atomic E-state index is 12.4. The standard InChI is InChI=1S/C18H12ClNO3/c19-14-7-8-16(15(10-14)18(22)23)20-17(21)13-6-5-11-3-1-2-4-12(11)9-13/h1-10H,(H,20,21)(H,22,23). The van der Waals surface area contributed by atoms with Crippen molar-refractivity contribution in [1.82, 2.24) is 0 Å². The van der Waals surface area contributed by atoms with Crippen molar-refractivity contribution in [2.24, 2.45) is 0 Å². The van der Waals surface area contributed by atoms with Crippen LogP contribution in [0.1, 0.15) is 20.7 Å². The zero-order chi connectivity index (χ0) is 16.4. The number of aromatic carboxylic acids is 1. The Balaban J connectivity index is 1.93. The first-order chi connectivity index (χ1) is 11.0.